The van der Waals surface area contributed by atoms with Crippen LogP contribution in [0.15, 0.2) is 40.9 Å². The Balaban J connectivity index is 2.09. The lowest BCUT2D eigenvalue weighted by atomic mass is 10.2. The Morgan fingerprint density at radius 1 is 1.11 bits per heavy atom. The summed E-state index contributed by atoms with van der Waals surface area (Å²) in [5, 5.41) is 0. The fraction of sp³-hybridized carbons (Fsp3) is 0.0769. The van der Waals surface area contributed by atoms with E-state index in [1.807, 2.05) is 0 Å². The first-order chi connectivity index (χ1) is 8.56. The number of anilines is 1. The molecule has 0 atom stereocenters. The Hall–Kier alpha value is -1.62. The highest BCUT2D eigenvalue weighted by atomic mass is 79.9. The molecule has 2 aromatic rings. The van der Waals surface area contributed by atoms with Crippen LogP contribution in [0, 0.1) is 11.6 Å². The van der Waals surface area contributed by atoms with E-state index in [0.29, 0.717) is 21.5 Å². The first-order valence-electron chi connectivity index (χ1n) is 5.18. The molecule has 0 fully saturated rings. The molecule has 0 aromatic heterocycles. The Bertz CT molecular complexity index is 575. The van der Waals surface area contributed by atoms with E-state index >= 15 is 0 Å². The highest BCUT2D eigenvalue weighted by molar-refractivity contribution is 9.10. The largest absolute Gasteiger partial charge is 0.489 e. The van der Waals surface area contributed by atoms with Crippen molar-refractivity contribution in [2.24, 2.45) is 0 Å². The molecular weight excluding hydrogens is 304 g/mol. The van der Waals surface area contributed by atoms with Crippen molar-refractivity contribution >= 4 is 21.6 Å². The average Bonchev–Trinajstić information content (AvgIpc) is 2.32. The topological polar surface area (TPSA) is 35.2 Å². The van der Waals surface area contributed by atoms with Crippen LogP contribution in [0.4, 0.5) is 14.5 Å². The molecule has 2 rings (SSSR count). The number of nitrogen functional groups attached to an aromatic ring is 1. The molecule has 0 saturated heterocycles. The fourth-order valence-corrected chi connectivity index (χ4v) is 1.67. The third-order valence-corrected chi connectivity index (χ3v) is 3.04. The molecule has 5 heteroatoms. The molecule has 0 amide bonds. The molecule has 2 N–H and O–H groups in total. The number of benzene rings is 2. The fourth-order valence-electron chi connectivity index (χ4n) is 1.42. The van der Waals surface area contributed by atoms with Crippen molar-refractivity contribution in [2.45, 2.75) is 6.61 Å². The lowest BCUT2D eigenvalue weighted by molar-refractivity contribution is 0.305. The summed E-state index contributed by atoms with van der Waals surface area (Å²) in [6.45, 7) is 0.160. The Morgan fingerprint density at radius 3 is 2.56 bits per heavy atom. The number of hydrogen-bond donors (Lipinski definition) is 1. The first kappa shape index (κ1) is 12.8. The van der Waals surface area contributed by atoms with E-state index in [1.165, 1.54) is 18.2 Å². The second kappa shape index (κ2) is 5.35. The summed E-state index contributed by atoms with van der Waals surface area (Å²) in [6, 6.07) is 8.52. The molecule has 2 nitrogen and oxygen atoms in total. The van der Waals surface area contributed by atoms with E-state index in [0.717, 1.165) is 0 Å². The highest BCUT2D eigenvalue weighted by Gasteiger charge is 2.04. The Kier molecular flexibility index (Phi) is 3.81. The summed E-state index contributed by atoms with van der Waals surface area (Å²) in [5.74, 6) is -0.412. The van der Waals surface area contributed by atoms with Gasteiger partial charge in [-0.3, -0.25) is 0 Å². The van der Waals surface area contributed by atoms with Gasteiger partial charge in [0.2, 0.25) is 0 Å². The molecule has 0 saturated carbocycles. The molecule has 0 bridgehead atoms. The molecule has 0 aliphatic carbocycles. The van der Waals surface area contributed by atoms with Gasteiger partial charge in [-0.1, -0.05) is 6.07 Å². The van der Waals surface area contributed by atoms with Crippen molar-refractivity contribution in [3.8, 4) is 5.75 Å². The number of rotatable bonds is 3. The van der Waals surface area contributed by atoms with Crippen LogP contribution in [-0.4, -0.2) is 0 Å². The van der Waals surface area contributed by atoms with Gasteiger partial charge in [-0.05, 0) is 40.2 Å². The third kappa shape index (κ3) is 2.98. The summed E-state index contributed by atoms with van der Waals surface area (Å²) in [7, 11) is 0. The number of hydrogen-bond acceptors (Lipinski definition) is 2. The zero-order valence-corrected chi connectivity index (χ0v) is 10.9. The normalized spacial score (nSPS) is 10.4. The van der Waals surface area contributed by atoms with Gasteiger partial charge in [0.15, 0.2) is 0 Å². The number of halogens is 3. The van der Waals surface area contributed by atoms with Crippen LogP contribution in [0.1, 0.15) is 5.56 Å². The van der Waals surface area contributed by atoms with Gasteiger partial charge in [0.05, 0.1) is 4.47 Å². The van der Waals surface area contributed by atoms with Gasteiger partial charge in [-0.15, -0.1) is 0 Å². The smallest absolute Gasteiger partial charge is 0.141 e. The second-order valence-corrected chi connectivity index (χ2v) is 4.56. The molecular formula is C13H10BrF2NO. The van der Waals surface area contributed by atoms with E-state index in [-0.39, 0.29) is 6.61 Å². The van der Waals surface area contributed by atoms with Crippen LogP contribution >= 0.6 is 15.9 Å². The summed E-state index contributed by atoms with van der Waals surface area (Å²) in [5.41, 5.74) is 6.60. The quantitative estimate of drug-likeness (QED) is 0.873. The minimum absolute atomic E-state index is 0.160. The number of ether oxygens (including phenoxy) is 1. The summed E-state index contributed by atoms with van der Waals surface area (Å²) in [6.07, 6.45) is 0. The zero-order valence-electron chi connectivity index (χ0n) is 9.29. The van der Waals surface area contributed by atoms with Gasteiger partial charge in [-0.25, -0.2) is 8.78 Å². The maximum atomic E-state index is 13.2. The van der Waals surface area contributed by atoms with Gasteiger partial charge in [-0.2, -0.15) is 0 Å². The van der Waals surface area contributed by atoms with Crippen molar-refractivity contribution in [1.82, 2.24) is 0 Å². The third-order valence-electron chi connectivity index (χ3n) is 2.39. The molecule has 0 heterocycles. The van der Waals surface area contributed by atoms with Gasteiger partial charge >= 0.3 is 0 Å². The maximum absolute atomic E-state index is 13.2. The van der Waals surface area contributed by atoms with Gasteiger partial charge in [0.25, 0.3) is 0 Å². The predicted octanol–water partition coefficient (Wildman–Crippen LogP) is 3.89. The van der Waals surface area contributed by atoms with Crippen LogP contribution in [0.5, 0.6) is 5.75 Å². The minimum Gasteiger partial charge on any atom is -0.489 e. The summed E-state index contributed by atoms with van der Waals surface area (Å²) >= 11 is 3.05. The van der Waals surface area contributed by atoms with Crippen LogP contribution in [-0.2, 0) is 6.61 Å². The maximum Gasteiger partial charge on any atom is 0.141 e. The van der Waals surface area contributed by atoms with Crippen molar-refractivity contribution in [3.63, 3.8) is 0 Å². The summed E-state index contributed by atoms with van der Waals surface area (Å²) < 4.78 is 31.8. The summed E-state index contributed by atoms with van der Waals surface area (Å²) in [4.78, 5) is 0. The van der Waals surface area contributed by atoms with E-state index in [9.17, 15) is 8.78 Å². The Labute approximate surface area is 112 Å². The highest BCUT2D eigenvalue weighted by Crippen LogP contribution is 2.22. The van der Waals surface area contributed by atoms with E-state index in [2.05, 4.69) is 15.9 Å². The van der Waals surface area contributed by atoms with E-state index in [1.54, 1.807) is 18.2 Å². The lowest BCUT2D eigenvalue weighted by Gasteiger charge is -2.09. The van der Waals surface area contributed by atoms with Crippen LogP contribution in [0.3, 0.4) is 0 Å². The molecule has 2 aromatic carbocycles. The molecule has 0 spiro atoms. The average molecular weight is 314 g/mol. The van der Waals surface area contributed by atoms with Crippen molar-refractivity contribution in [2.75, 3.05) is 5.73 Å². The van der Waals surface area contributed by atoms with Gasteiger partial charge < -0.3 is 10.5 Å². The molecule has 0 radical (unpaired) electrons. The molecule has 18 heavy (non-hydrogen) atoms. The van der Waals surface area contributed by atoms with E-state index in [4.69, 9.17) is 10.5 Å². The standard InChI is InChI=1S/C13H10BrF2NO/c14-11-4-3-10(6-12(11)16)18-7-8-1-2-9(15)5-13(8)17/h1-6H,7,17H2. The molecule has 0 unspecified atom stereocenters. The monoisotopic (exact) mass is 313 g/mol. The van der Waals surface area contributed by atoms with Crippen molar-refractivity contribution in [1.29, 1.82) is 0 Å². The number of nitrogens with two attached hydrogens (primary N) is 1. The zero-order chi connectivity index (χ0) is 13.1. The van der Waals surface area contributed by atoms with Crippen LogP contribution in [0.25, 0.3) is 0 Å². The molecule has 0 aliphatic rings. The van der Waals surface area contributed by atoms with Crippen molar-refractivity contribution < 1.29 is 13.5 Å². The Morgan fingerprint density at radius 2 is 1.89 bits per heavy atom. The van der Waals surface area contributed by atoms with Gasteiger partial charge in [0, 0.05) is 17.3 Å². The van der Waals surface area contributed by atoms with Crippen molar-refractivity contribution in [3.05, 3.63) is 58.1 Å². The van der Waals surface area contributed by atoms with Crippen LogP contribution in [0.2, 0.25) is 0 Å². The second-order valence-electron chi connectivity index (χ2n) is 3.71. The van der Waals surface area contributed by atoms with Gasteiger partial charge in [0.1, 0.15) is 24.0 Å². The SMILES string of the molecule is Nc1cc(F)ccc1COc1ccc(Br)c(F)c1. The van der Waals surface area contributed by atoms with Crippen LogP contribution < -0.4 is 10.5 Å². The lowest BCUT2D eigenvalue weighted by Crippen LogP contribution is -2.01. The predicted molar refractivity (Wildman–Crippen MR) is 69.2 cm³/mol. The first-order valence-corrected chi connectivity index (χ1v) is 5.97. The molecule has 94 valence electrons. The van der Waals surface area contributed by atoms with E-state index < -0.39 is 11.6 Å². The molecule has 0 aliphatic heterocycles. The minimum atomic E-state index is -0.403.